The van der Waals surface area contributed by atoms with Crippen molar-refractivity contribution in [3.8, 4) is 5.75 Å². The van der Waals surface area contributed by atoms with E-state index in [0.29, 0.717) is 0 Å². The number of halogens is 2. The van der Waals surface area contributed by atoms with Gasteiger partial charge in [0.15, 0.2) is 0 Å². The molecule has 4 N–H and O–H groups in total. The summed E-state index contributed by atoms with van der Waals surface area (Å²) in [6.45, 7) is 3.68. The van der Waals surface area contributed by atoms with Crippen LogP contribution in [0.4, 0.5) is 11.4 Å². The predicted molar refractivity (Wildman–Crippen MR) is 129 cm³/mol. The largest absolute Gasteiger partial charge is 0.494 e. The molecule has 0 amide bonds. The van der Waals surface area contributed by atoms with E-state index in [1.54, 1.807) is 0 Å². The normalized spacial score (nSPS) is 10.5. The smallest absolute Gasteiger partial charge is 0.119 e. The first-order valence-corrected chi connectivity index (χ1v) is 9.44. The Kier molecular flexibility index (Phi) is 7.66. The topological polar surface area (TPSA) is 66.2 Å². The van der Waals surface area contributed by atoms with Crippen molar-refractivity contribution in [2.24, 2.45) is 0 Å². The molecule has 4 nitrogen and oxygen atoms in total. The van der Waals surface area contributed by atoms with Crippen LogP contribution in [-0.4, -0.2) is 11.2 Å². The van der Waals surface area contributed by atoms with E-state index < -0.39 is 0 Å². The fourth-order valence-electron chi connectivity index (χ4n) is 3.51. The summed E-state index contributed by atoms with van der Waals surface area (Å²) in [7, 11) is 0. The van der Waals surface area contributed by atoms with Gasteiger partial charge in [-0.05, 0) is 48.4 Å². The van der Waals surface area contributed by atoms with Crippen LogP contribution in [0, 0.1) is 0 Å². The van der Waals surface area contributed by atoms with Crippen LogP contribution in [0.1, 0.15) is 25.3 Å². The van der Waals surface area contributed by atoms with Gasteiger partial charge < -0.3 is 20.8 Å². The first-order valence-electron chi connectivity index (χ1n) is 9.44. The van der Waals surface area contributed by atoms with Crippen LogP contribution in [0.5, 0.6) is 5.75 Å². The molecule has 4 rings (SSSR count). The molecule has 0 bridgehead atoms. The highest BCUT2D eigenvalue weighted by atomic mass is 35.5. The van der Waals surface area contributed by atoms with Gasteiger partial charge in [0.05, 0.1) is 17.6 Å². The number of nitrogen functional groups attached to an aromatic ring is 2. The molecule has 0 saturated carbocycles. The van der Waals surface area contributed by atoms with E-state index >= 15 is 0 Å². The van der Waals surface area contributed by atoms with E-state index in [1.165, 1.54) is 16.3 Å². The van der Waals surface area contributed by atoms with Crippen LogP contribution in [0.15, 0.2) is 60.7 Å². The SMILES string of the molecule is CCCCOc1ccc(Cn2c3cc(N)ccc3c3ccc(N)cc32)cc1.Cl.Cl. The Bertz CT molecular complexity index is 1030. The van der Waals surface area contributed by atoms with Crippen LogP contribution in [0.3, 0.4) is 0 Å². The molecule has 0 aliphatic rings. The second-order valence-electron chi connectivity index (χ2n) is 6.99. The Morgan fingerprint density at radius 3 is 1.86 bits per heavy atom. The van der Waals surface area contributed by atoms with Gasteiger partial charge in [-0.15, -0.1) is 24.8 Å². The number of nitrogens with two attached hydrogens (primary N) is 2. The molecule has 1 aromatic heterocycles. The van der Waals surface area contributed by atoms with Gasteiger partial charge in [0.25, 0.3) is 0 Å². The predicted octanol–water partition coefficient (Wildman–Crippen LogP) is 6.03. The van der Waals surface area contributed by atoms with E-state index in [0.717, 1.165) is 54.2 Å². The van der Waals surface area contributed by atoms with Crippen molar-refractivity contribution in [2.45, 2.75) is 26.3 Å². The zero-order chi connectivity index (χ0) is 18.8. The molecule has 29 heavy (non-hydrogen) atoms. The van der Waals surface area contributed by atoms with Crippen LogP contribution in [0.25, 0.3) is 21.8 Å². The van der Waals surface area contributed by atoms with E-state index in [9.17, 15) is 0 Å². The van der Waals surface area contributed by atoms with Crippen molar-refractivity contribution >= 4 is 58.0 Å². The summed E-state index contributed by atoms with van der Waals surface area (Å²) in [6, 6.07) is 20.5. The van der Waals surface area contributed by atoms with Gasteiger partial charge in [-0.25, -0.2) is 0 Å². The lowest BCUT2D eigenvalue weighted by Crippen LogP contribution is -2.01. The monoisotopic (exact) mass is 431 g/mol. The maximum Gasteiger partial charge on any atom is 0.119 e. The maximum atomic E-state index is 6.06. The minimum atomic E-state index is 0. The van der Waals surface area contributed by atoms with Crippen LogP contribution in [-0.2, 0) is 6.54 Å². The average molecular weight is 432 g/mol. The van der Waals surface area contributed by atoms with Crippen LogP contribution in [0.2, 0.25) is 0 Å². The molecule has 154 valence electrons. The van der Waals surface area contributed by atoms with Crippen LogP contribution < -0.4 is 16.2 Å². The fraction of sp³-hybridized carbons (Fsp3) is 0.217. The second kappa shape index (κ2) is 9.77. The molecule has 0 unspecified atom stereocenters. The highest BCUT2D eigenvalue weighted by Gasteiger charge is 2.12. The van der Waals surface area contributed by atoms with Gasteiger partial charge >= 0.3 is 0 Å². The van der Waals surface area contributed by atoms with Crippen LogP contribution >= 0.6 is 24.8 Å². The number of ether oxygens (including phenoxy) is 1. The van der Waals surface area contributed by atoms with Gasteiger partial charge in [0, 0.05) is 28.7 Å². The van der Waals surface area contributed by atoms with E-state index in [4.69, 9.17) is 16.2 Å². The number of rotatable bonds is 6. The number of fused-ring (bicyclic) bond motifs is 3. The molecule has 0 aliphatic heterocycles. The molecule has 3 aromatic carbocycles. The quantitative estimate of drug-likeness (QED) is 0.289. The molecule has 6 heteroatoms. The lowest BCUT2D eigenvalue weighted by Gasteiger charge is -2.10. The number of unbranched alkanes of at least 4 members (excludes halogenated alkanes) is 1. The summed E-state index contributed by atoms with van der Waals surface area (Å²) in [6.07, 6.45) is 2.21. The maximum absolute atomic E-state index is 6.06. The molecule has 4 aromatic rings. The van der Waals surface area contributed by atoms with E-state index in [-0.39, 0.29) is 24.8 Å². The zero-order valence-corrected chi connectivity index (χ0v) is 18.1. The molecule has 0 radical (unpaired) electrons. The van der Waals surface area contributed by atoms with Gasteiger partial charge in [-0.2, -0.15) is 0 Å². The molecule has 0 fully saturated rings. The lowest BCUT2D eigenvalue weighted by molar-refractivity contribution is 0.309. The van der Waals surface area contributed by atoms with Crippen molar-refractivity contribution in [2.75, 3.05) is 18.1 Å². The molecule has 0 saturated heterocycles. The van der Waals surface area contributed by atoms with Crippen molar-refractivity contribution in [3.05, 3.63) is 66.2 Å². The fourth-order valence-corrected chi connectivity index (χ4v) is 3.51. The first-order chi connectivity index (χ1) is 13.2. The zero-order valence-electron chi connectivity index (χ0n) is 16.4. The molecular weight excluding hydrogens is 405 g/mol. The number of benzene rings is 3. The van der Waals surface area contributed by atoms with Crippen molar-refractivity contribution in [3.63, 3.8) is 0 Å². The number of hydrogen-bond donors (Lipinski definition) is 2. The number of nitrogens with zero attached hydrogens (tertiary/aromatic N) is 1. The highest BCUT2D eigenvalue weighted by Crippen LogP contribution is 2.32. The van der Waals surface area contributed by atoms with Gasteiger partial charge in [-0.1, -0.05) is 37.6 Å². The van der Waals surface area contributed by atoms with Gasteiger partial charge in [-0.3, -0.25) is 0 Å². The summed E-state index contributed by atoms with van der Waals surface area (Å²) >= 11 is 0. The Hall–Kier alpha value is -2.56. The summed E-state index contributed by atoms with van der Waals surface area (Å²) in [5.74, 6) is 0.919. The molecule has 0 atom stereocenters. The third-order valence-corrected chi connectivity index (χ3v) is 4.95. The average Bonchev–Trinajstić information content (AvgIpc) is 2.95. The second-order valence-corrected chi connectivity index (χ2v) is 6.99. The summed E-state index contributed by atoms with van der Waals surface area (Å²) in [4.78, 5) is 0. The number of hydrogen-bond acceptors (Lipinski definition) is 3. The lowest BCUT2D eigenvalue weighted by atomic mass is 10.1. The van der Waals surface area contributed by atoms with Crippen molar-refractivity contribution < 1.29 is 4.74 Å². The number of aromatic nitrogens is 1. The Labute approximate surface area is 183 Å². The Balaban J connectivity index is 0.00000150. The molecular formula is C23H27Cl2N3O. The third kappa shape index (κ3) is 4.72. The van der Waals surface area contributed by atoms with Gasteiger partial charge in [0.1, 0.15) is 5.75 Å². The molecule has 1 heterocycles. The van der Waals surface area contributed by atoms with E-state index in [2.05, 4.69) is 35.8 Å². The van der Waals surface area contributed by atoms with Gasteiger partial charge in [0.2, 0.25) is 0 Å². The number of anilines is 2. The van der Waals surface area contributed by atoms with E-state index in [1.807, 2.05) is 36.4 Å². The summed E-state index contributed by atoms with van der Waals surface area (Å²) < 4.78 is 8.05. The standard InChI is InChI=1S/C23H25N3O.2ClH/c1-2-3-12-27-19-8-4-16(5-9-19)15-26-22-13-17(24)6-10-20(22)21-11-7-18(25)14-23(21)26;;/h4-11,13-14H,2-3,12,15,24-25H2,1H3;2*1H. The molecule has 0 aliphatic carbocycles. The molecule has 0 spiro atoms. The Morgan fingerprint density at radius 1 is 0.793 bits per heavy atom. The van der Waals surface area contributed by atoms with Crippen molar-refractivity contribution in [1.29, 1.82) is 0 Å². The minimum Gasteiger partial charge on any atom is -0.494 e. The van der Waals surface area contributed by atoms with Crippen molar-refractivity contribution in [1.82, 2.24) is 4.57 Å². The summed E-state index contributed by atoms with van der Waals surface area (Å²) in [5, 5.41) is 2.39. The Morgan fingerprint density at radius 2 is 1.34 bits per heavy atom. The summed E-state index contributed by atoms with van der Waals surface area (Å²) in [5.41, 5.74) is 17.1. The third-order valence-electron chi connectivity index (χ3n) is 4.95. The minimum absolute atomic E-state index is 0. The first kappa shape index (κ1) is 22.7. The highest BCUT2D eigenvalue weighted by molar-refractivity contribution is 6.09.